The van der Waals surface area contributed by atoms with Crippen molar-refractivity contribution in [3.8, 4) is 0 Å². The molecule has 0 aliphatic carbocycles. The Morgan fingerprint density at radius 2 is 2.32 bits per heavy atom. The van der Waals surface area contributed by atoms with Gasteiger partial charge in [-0.2, -0.15) is 0 Å². The number of nitrogen functional groups attached to an aromatic ring is 1. The third-order valence-corrected chi connectivity index (χ3v) is 3.49. The van der Waals surface area contributed by atoms with E-state index in [1.165, 1.54) is 6.20 Å². The summed E-state index contributed by atoms with van der Waals surface area (Å²) in [5, 5.41) is 4.48. The Bertz CT molecular complexity index is 630. The predicted molar refractivity (Wildman–Crippen MR) is 75.2 cm³/mol. The molecule has 0 atom stereocenters. The van der Waals surface area contributed by atoms with Crippen molar-refractivity contribution in [2.45, 2.75) is 19.9 Å². The van der Waals surface area contributed by atoms with Crippen LogP contribution in [0.4, 0.5) is 11.5 Å². The molecule has 0 aliphatic rings. The van der Waals surface area contributed by atoms with Crippen LogP contribution in [0.5, 0.6) is 0 Å². The summed E-state index contributed by atoms with van der Waals surface area (Å²) < 4.78 is 1.59. The highest BCUT2D eigenvalue weighted by molar-refractivity contribution is 7.07. The number of aryl methyl sites for hydroxylation is 1. The average molecular weight is 278 g/mol. The molecular formula is C12H14N4O2S. The first kappa shape index (κ1) is 13.3. The second-order valence-corrected chi connectivity index (χ2v) is 4.89. The number of nitrogens with two attached hydrogens (primary N) is 1. The van der Waals surface area contributed by atoms with E-state index >= 15 is 0 Å². The zero-order valence-corrected chi connectivity index (χ0v) is 11.2. The quantitative estimate of drug-likeness (QED) is 0.880. The van der Waals surface area contributed by atoms with E-state index in [0.717, 1.165) is 17.0 Å². The smallest absolute Gasteiger partial charge is 0.307 e. The maximum Gasteiger partial charge on any atom is 0.307 e. The standard InChI is InChI=1S/C12H14N4O2S/c1-8-7-19-12(18)16(8)5-4-11(17)15-9-2-3-10(13)14-6-9/h2-3,6-7H,4-5H2,1H3,(H2,13,14)(H,15,17). The molecule has 3 N–H and O–H groups in total. The Hall–Kier alpha value is -2.15. The van der Waals surface area contributed by atoms with E-state index in [1.54, 1.807) is 22.1 Å². The van der Waals surface area contributed by atoms with Crippen LogP contribution in [0, 0.1) is 6.92 Å². The number of hydrogen-bond donors (Lipinski definition) is 2. The van der Waals surface area contributed by atoms with Gasteiger partial charge in [-0.1, -0.05) is 11.3 Å². The van der Waals surface area contributed by atoms with Gasteiger partial charge in [0.15, 0.2) is 0 Å². The van der Waals surface area contributed by atoms with Crippen LogP contribution >= 0.6 is 11.3 Å². The molecule has 2 rings (SSSR count). The Kier molecular flexibility index (Phi) is 3.96. The van der Waals surface area contributed by atoms with Gasteiger partial charge in [0.1, 0.15) is 5.82 Å². The molecule has 0 aromatic carbocycles. The molecule has 0 aliphatic heterocycles. The summed E-state index contributed by atoms with van der Waals surface area (Å²) in [6.07, 6.45) is 1.73. The Morgan fingerprint density at radius 1 is 1.53 bits per heavy atom. The number of nitrogens with one attached hydrogen (secondary N) is 1. The summed E-state index contributed by atoms with van der Waals surface area (Å²) >= 11 is 1.14. The number of pyridine rings is 1. The zero-order chi connectivity index (χ0) is 13.8. The van der Waals surface area contributed by atoms with Gasteiger partial charge >= 0.3 is 4.87 Å². The fourth-order valence-electron chi connectivity index (χ4n) is 1.59. The van der Waals surface area contributed by atoms with E-state index in [2.05, 4.69) is 10.3 Å². The Labute approximate surface area is 113 Å². The Morgan fingerprint density at radius 3 is 2.89 bits per heavy atom. The lowest BCUT2D eigenvalue weighted by Crippen LogP contribution is -2.20. The van der Waals surface area contributed by atoms with E-state index < -0.39 is 0 Å². The summed E-state index contributed by atoms with van der Waals surface area (Å²) in [4.78, 5) is 27.0. The minimum Gasteiger partial charge on any atom is -0.384 e. The van der Waals surface area contributed by atoms with Crippen molar-refractivity contribution in [2.24, 2.45) is 0 Å². The highest BCUT2D eigenvalue weighted by atomic mass is 32.1. The van der Waals surface area contributed by atoms with Crippen LogP contribution in [0.15, 0.2) is 28.5 Å². The molecule has 19 heavy (non-hydrogen) atoms. The number of nitrogens with zero attached hydrogens (tertiary/aromatic N) is 2. The SMILES string of the molecule is Cc1csc(=O)n1CCC(=O)Nc1ccc(N)nc1. The number of aromatic nitrogens is 2. The molecule has 100 valence electrons. The van der Waals surface area contributed by atoms with Gasteiger partial charge < -0.3 is 15.6 Å². The lowest BCUT2D eigenvalue weighted by Gasteiger charge is -2.06. The van der Waals surface area contributed by atoms with Crippen LogP contribution in [0.25, 0.3) is 0 Å². The first-order chi connectivity index (χ1) is 9.06. The summed E-state index contributed by atoms with van der Waals surface area (Å²) in [5.74, 6) is 0.238. The molecule has 0 saturated heterocycles. The van der Waals surface area contributed by atoms with Crippen molar-refractivity contribution < 1.29 is 4.79 Å². The lowest BCUT2D eigenvalue weighted by atomic mass is 10.3. The lowest BCUT2D eigenvalue weighted by molar-refractivity contribution is -0.116. The molecule has 0 unspecified atom stereocenters. The molecule has 0 radical (unpaired) electrons. The number of rotatable bonds is 4. The number of anilines is 2. The predicted octanol–water partition coefficient (Wildman–Crippen LogP) is 1.22. The van der Waals surface area contributed by atoms with Gasteiger partial charge in [0, 0.05) is 24.0 Å². The summed E-state index contributed by atoms with van der Waals surface area (Å²) in [6, 6.07) is 3.30. The van der Waals surface area contributed by atoms with Crippen LogP contribution in [0.1, 0.15) is 12.1 Å². The van der Waals surface area contributed by atoms with Crippen LogP contribution in [0.2, 0.25) is 0 Å². The van der Waals surface area contributed by atoms with E-state index in [4.69, 9.17) is 5.73 Å². The summed E-state index contributed by atoms with van der Waals surface area (Å²) in [7, 11) is 0. The fourth-order valence-corrected chi connectivity index (χ4v) is 2.35. The van der Waals surface area contributed by atoms with Crippen LogP contribution in [0.3, 0.4) is 0 Å². The van der Waals surface area contributed by atoms with Gasteiger partial charge in [0.05, 0.1) is 11.9 Å². The number of carbonyl (C=O) groups excluding carboxylic acids is 1. The van der Waals surface area contributed by atoms with Gasteiger partial charge in [0.25, 0.3) is 0 Å². The molecule has 6 nitrogen and oxygen atoms in total. The number of hydrogen-bond acceptors (Lipinski definition) is 5. The monoisotopic (exact) mass is 278 g/mol. The maximum atomic E-state index is 11.7. The van der Waals surface area contributed by atoms with Gasteiger partial charge in [-0.05, 0) is 19.1 Å². The van der Waals surface area contributed by atoms with Crippen molar-refractivity contribution in [2.75, 3.05) is 11.1 Å². The molecule has 2 heterocycles. The van der Waals surface area contributed by atoms with Crippen molar-refractivity contribution in [1.82, 2.24) is 9.55 Å². The highest BCUT2D eigenvalue weighted by Gasteiger charge is 2.07. The fraction of sp³-hybridized carbons (Fsp3) is 0.250. The first-order valence-corrected chi connectivity index (χ1v) is 6.60. The van der Waals surface area contributed by atoms with E-state index in [-0.39, 0.29) is 17.2 Å². The van der Waals surface area contributed by atoms with Crippen molar-refractivity contribution in [3.05, 3.63) is 39.1 Å². The minimum atomic E-state index is -0.163. The topological polar surface area (TPSA) is 90.0 Å². The molecule has 1 amide bonds. The van der Waals surface area contributed by atoms with E-state index in [1.807, 2.05) is 6.92 Å². The molecule has 0 saturated carbocycles. The van der Waals surface area contributed by atoms with Crippen molar-refractivity contribution in [1.29, 1.82) is 0 Å². The summed E-state index contributed by atoms with van der Waals surface area (Å²) in [5.41, 5.74) is 6.92. The van der Waals surface area contributed by atoms with Crippen molar-refractivity contribution in [3.63, 3.8) is 0 Å². The second-order valence-electron chi connectivity index (χ2n) is 4.06. The molecule has 0 fully saturated rings. The number of carbonyl (C=O) groups is 1. The van der Waals surface area contributed by atoms with Gasteiger partial charge in [-0.25, -0.2) is 4.98 Å². The van der Waals surface area contributed by atoms with Crippen molar-refractivity contribution >= 4 is 28.7 Å². The molecule has 0 bridgehead atoms. The van der Waals surface area contributed by atoms with Gasteiger partial charge in [-0.15, -0.1) is 0 Å². The Balaban J connectivity index is 1.92. The van der Waals surface area contributed by atoms with E-state index in [9.17, 15) is 9.59 Å². The third kappa shape index (κ3) is 3.41. The molecule has 2 aromatic heterocycles. The van der Waals surface area contributed by atoms with Gasteiger partial charge in [0.2, 0.25) is 5.91 Å². The summed E-state index contributed by atoms with van der Waals surface area (Å²) in [6.45, 7) is 2.22. The zero-order valence-electron chi connectivity index (χ0n) is 10.4. The van der Waals surface area contributed by atoms with E-state index in [0.29, 0.717) is 18.1 Å². The normalized spacial score (nSPS) is 10.4. The third-order valence-electron chi connectivity index (χ3n) is 2.61. The molecule has 2 aromatic rings. The number of thiazole rings is 1. The first-order valence-electron chi connectivity index (χ1n) is 5.72. The molecule has 7 heteroatoms. The largest absolute Gasteiger partial charge is 0.384 e. The number of amides is 1. The minimum absolute atomic E-state index is 0.0422. The maximum absolute atomic E-state index is 11.7. The van der Waals surface area contributed by atoms with Crippen LogP contribution in [-0.4, -0.2) is 15.5 Å². The van der Waals surface area contributed by atoms with Gasteiger partial charge in [-0.3, -0.25) is 9.59 Å². The highest BCUT2D eigenvalue weighted by Crippen LogP contribution is 2.08. The molecular weight excluding hydrogens is 264 g/mol. The second kappa shape index (κ2) is 5.66. The van der Waals surface area contributed by atoms with Crippen LogP contribution < -0.4 is 15.9 Å². The molecule has 0 spiro atoms. The average Bonchev–Trinajstić information content (AvgIpc) is 2.70. The van der Waals surface area contributed by atoms with Crippen LogP contribution in [-0.2, 0) is 11.3 Å².